The molecule has 0 saturated carbocycles. The van der Waals surface area contributed by atoms with Gasteiger partial charge in [0.25, 0.3) is 5.89 Å². The number of aliphatic carboxylic acids is 1. The number of nitrogens with zero attached hydrogens (tertiary/aromatic N) is 2. The Bertz CT molecular complexity index is 1650. The van der Waals surface area contributed by atoms with Crippen molar-refractivity contribution in [1.29, 1.82) is 0 Å². The molecule has 0 bridgehead atoms. The summed E-state index contributed by atoms with van der Waals surface area (Å²) in [5.41, 5.74) is 2.44. The second-order valence-electron chi connectivity index (χ2n) is 8.44. The lowest BCUT2D eigenvalue weighted by Crippen LogP contribution is -2.44. The summed E-state index contributed by atoms with van der Waals surface area (Å²) >= 11 is 0. The Hall–Kier alpha value is -4.02. The van der Waals surface area contributed by atoms with Gasteiger partial charge in [-0.1, -0.05) is 37.2 Å². The lowest BCUT2D eigenvalue weighted by atomic mass is 10.1. The van der Waals surface area contributed by atoms with E-state index in [1.54, 1.807) is 32.0 Å². The number of aromatic nitrogens is 2. The molecule has 0 amide bonds. The lowest BCUT2D eigenvalue weighted by Gasteiger charge is -2.17. The van der Waals surface area contributed by atoms with E-state index in [9.17, 15) is 18.3 Å². The topological polar surface area (TPSA) is 136 Å². The Morgan fingerprint density at radius 2 is 1.71 bits per heavy atom. The highest BCUT2D eigenvalue weighted by atomic mass is 32.2. The van der Waals surface area contributed by atoms with Crippen LogP contribution in [0.4, 0.5) is 0 Å². The van der Waals surface area contributed by atoms with Crippen LogP contribution in [0, 0.1) is 5.92 Å². The molecule has 2 heterocycles. The molecule has 0 aliphatic rings. The zero-order chi connectivity index (χ0) is 24.7. The van der Waals surface area contributed by atoms with Crippen molar-refractivity contribution in [2.45, 2.75) is 24.8 Å². The van der Waals surface area contributed by atoms with Crippen LogP contribution in [0.15, 0.2) is 80.6 Å². The van der Waals surface area contributed by atoms with Crippen LogP contribution in [0.2, 0.25) is 0 Å². The molecule has 0 unspecified atom stereocenters. The highest BCUT2D eigenvalue weighted by Crippen LogP contribution is 2.33. The van der Waals surface area contributed by atoms with E-state index in [0.29, 0.717) is 33.8 Å². The highest BCUT2D eigenvalue weighted by molar-refractivity contribution is 7.89. The molecule has 9 nitrogen and oxygen atoms in total. The molecule has 0 radical (unpaired) electrons. The van der Waals surface area contributed by atoms with Crippen LogP contribution >= 0.6 is 0 Å². The number of nitrogens with one attached hydrogen (secondary N) is 1. The fourth-order valence-electron chi connectivity index (χ4n) is 3.81. The summed E-state index contributed by atoms with van der Waals surface area (Å²) in [6.07, 6.45) is 0. The summed E-state index contributed by atoms with van der Waals surface area (Å²) in [6, 6.07) is 18.0. The molecule has 0 saturated heterocycles. The number of furan rings is 1. The van der Waals surface area contributed by atoms with Crippen LogP contribution < -0.4 is 4.72 Å². The summed E-state index contributed by atoms with van der Waals surface area (Å²) in [7, 11) is -4.08. The van der Waals surface area contributed by atoms with E-state index in [1.165, 1.54) is 12.1 Å². The minimum Gasteiger partial charge on any atom is -0.480 e. The molecule has 5 rings (SSSR count). The molecule has 2 N–H and O–H groups in total. The van der Waals surface area contributed by atoms with Crippen LogP contribution in [0.25, 0.3) is 44.8 Å². The average Bonchev–Trinajstić information content (AvgIpc) is 3.47. The zero-order valence-corrected chi connectivity index (χ0v) is 19.6. The summed E-state index contributed by atoms with van der Waals surface area (Å²) in [6.45, 7) is 3.27. The van der Waals surface area contributed by atoms with Gasteiger partial charge in [0.1, 0.15) is 17.2 Å². The van der Waals surface area contributed by atoms with E-state index in [1.807, 2.05) is 36.4 Å². The maximum Gasteiger partial charge on any atom is 0.322 e. The maximum atomic E-state index is 12.8. The molecule has 5 aromatic rings. The van der Waals surface area contributed by atoms with E-state index >= 15 is 0 Å². The Balaban J connectivity index is 1.50. The van der Waals surface area contributed by atoms with Gasteiger partial charge in [0.15, 0.2) is 0 Å². The summed E-state index contributed by atoms with van der Waals surface area (Å²) < 4.78 is 39.2. The van der Waals surface area contributed by atoms with E-state index in [2.05, 4.69) is 14.9 Å². The molecule has 35 heavy (non-hydrogen) atoms. The van der Waals surface area contributed by atoms with Gasteiger partial charge in [-0.3, -0.25) is 4.79 Å². The Morgan fingerprint density at radius 3 is 2.43 bits per heavy atom. The summed E-state index contributed by atoms with van der Waals surface area (Å²) in [5.74, 6) is -0.848. The summed E-state index contributed by atoms with van der Waals surface area (Å²) in [5, 5.41) is 14.9. The number of benzene rings is 3. The van der Waals surface area contributed by atoms with Gasteiger partial charge in [-0.05, 0) is 48.4 Å². The van der Waals surface area contributed by atoms with E-state index in [4.69, 9.17) is 8.94 Å². The van der Waals surface area contributed by atoms with Crippen molar-refractivity contribution < 1.29 is 27.3 Å². The molecule has 2 aromatic heterocycles. The predicted molar refractivity (Wildman–Crippen MR) is 129 cm³/mol. The van der Waals surface area contributed by atoms with E-state index in [0.717, 1.165) is 10.9 Å². The monoisotopic (exact) mass is 491 g/mol. The largest absolute Gasteiger partial charge is 0.480 e. The molecule has 10 heteroatoms. The number of carboxylic acid groups (broad SMARTS) is 1. The number of carbonyl (C=O) groups is 1. The van der Waals surface area contributed by atoms with E-state index in [-0.39, 0.29) is 4.90 Å². The fourth-order valence-corrected chi connectivity index (χ4v) is 5.16. The third-order valence-electron chi connectivity index (χ3n) is 5.67. The second kappa shape index (κ2) is 8.64. The minimum absolute atomic E-state index is 0.0816. The molecule has 0 fully saturated rings. The maximum absolute atomic E-state index is 12.8. The SMILES string of the molecule is CC(C)[C@H](NS(=O)(=O)c1ccc2c(c1)oc1ccc(-c3noc(-c4ccccc4)n3)cc12)C(=O)O. The Morgan fingerprint density at radius 1 is 0.943 bits per heavy atom. The molecule has 3 aromatic carbocycles. The van der Waals surface area contributed by atoms with Crippen LogP contribution in [0.3, 0.4) is 0 Å². The normalized spacial score (nSPS) is 13.0. The minimum atomic E-state index is -4.08. The molecule has 0 aliphatic heterocycles. The van der Waals surface area contributed by atoms with Crippen molar-refractivity contribution in [3.05, 3.63) is 66.7 Å². The molecular formula is C25H21N3O6S. The van der Waals surface area contributed by atoms with Crippen molar-refractivity contribution in [3.63, 3.8) is 0 Å². The first-order valence-corrected chi connectivity index (χ1v) is 12.3. The second-order valence-corrected chi connectivity index (χ2v) is 10.2. The van der Waals surface area contributed by atoms with Crippen molar-refractivity contribution in [2.75, 3.05) is 0 Å². The molecule has 0 aliphatic carbocycles. The first-order valence-electron chi connectivity index (χ1n) is 10.8. The molecule has 178 valence electrons. The quantitative estimate of drug-likeness (QED) is 0.335. The van der Waals surface area contributed by atoms with Crippen LogP contribution in [-0.2, 0) is 14.8 Å². The molecule has 1 atom stereocenters. The number of carboxylic acids is 1. The highest BCUT2D eigenvalue weighted by Gasteiger charge is 2.28. The standard InChI is InChI=1S/C25H21N3O6S/c1-14(2)22(25(29)30)28-35(31,32)17-9-10-18-19-12-16(8-11-20(19)33-21(18)13-17)23-26-24(34-27-23)15-6-4-3-5-7-15/h3-14,22,28H,1-2H3,(H,29,30)/t22-/m0/s1. The van der Waals surface area contributed by atoms with Gasteiger partial charge in [-0.2, -0.15) is 9.71 Å². The summed E-state index contributed by atoms with van der Waals surface area (Å²) in [4.78, 5) is 15.8. The number of rotatable bonds is 7. The fraction of sp³-hybridized carbons (Fsp3) is 0.160. The van der Waals surface area contributed by atoms with Gasteiger partial charge in [-0.15, -0.1) is 0 Å². The number of hydrogen-bond donors (Lipinski definition) is 2. The zero-order valence-electron chi connectivity index (χ0n) is 18.8. The van der Waals surface area contributed by atoms with Crippen LogP contribution in [0.1, 0.15) is 13.8 Å². The smallest absolute Gasteiger partial charge is 0.322 e. The van der Waals surface area contributed by atoms with Crippen LogP contribution in [0.5, 0.6) is 0 Å². The van der Waals surface area contributed by atoms with E-state index < -0.39 is 28.0 Å². The van der Waals surface area contributed by atoms with Crippen molar-refractivity contribution in [2.24, 2.45) is 5.92 Å². The average molecular weight is 492 g/mol. The molecule has 0 spiro atoms. The van der Waals surface area contributed by atoms with Gasteiger partial charge in [-0.25, -0.2) is 8.42 Å². The number of hydrogen-bond acceptors (Lipinski definition) is 7. The number of sulfonamides is 1. The van der Waals surface area contributed by atoms with Gasteiger partial charge >= 0.3 is 5.97 Å². The molecular weight excluding hydrogens is 470 g/mol. The third kappa shape index (κ3) is 4.29. The Kier molecular flexibility index (Phi) is 5.62. The lowest BCUT2D eigenvalue weighted by molar-refractivity contribution is -0.140. The van der Waals surface area contributed by atoms with Gasteiger partial charge in [0, 0.05) is 28.0 Å². The predicted octanol–water partition coefficient (Wildman–Crippen LogP) is 4.69. The Labute approximate surface area is 200 Å². The number of fused-ring (bicyclic) bond motifs is 3. The van der Waals surface area contributed by atoms with Crippen molar-refractivity contribution >= 4 is 37.9 Å². The van der Waals surface area contributed by atoms with Crippen molar-refractivity contribution in [3.8, 4) is 22.8 Å². The first-order chi connectivity index (χ1) is 16.7. The van der Waals surface area contributed by atoms with Gasteiger partial charge in [0.05, 0.1) is 4.90 Å². The van der Waals surface area contributed by atoms with Crippen LogP contribution in [-0.4, -0.2) is 35.7 Å². The van der Waals surface area contributed by atoms with Gasteiger partial charge < -0.3 is 14.0 Å². The van der Waals surface area contributed by atoms with Gasteiger partial charge in [0.2, 0.25) is 15.8 Å². The first kappa shape index (κ1) is 22.8. The van der Waals surface area contributed by atoms with Crippen molar-refractivity contribution in [1.82, 2.24) is 14.9 Å². The third-order valence-corrected chi connectivity index (χ3v) is 7.11.